The Kier molecular flexibility index (Phi) is 12.1. The molecule has 4 aliphatic rings. The Hall–Kier alpha value is -1.11. The Bertz CT molecular complexity index is 854. The van der Waals surface area contributed by atoms with Gasteiger partial charge in [0.25, 0.3) is 0 Å². The second-order valence-corrected chi connectivity index (χ2v) is 13.5. The maximum atomic E-state index is 14.1. The molecule has 1 aliphatic heterocycles. The fourth-order valence-corrected chi connectivity index (χ4v) is 8.34. The highest BCUT2D eigenvalue weighted by Crippen LogP contribution is 2.48. The van der Waals surface area contributed by atoms with Crippen molar-refractivity contribution in [1.82, 2.24) is 14.7 Å². The van der Waals surface area contributed by atoms with E-state index in [4.69, 9.17) is 9.47 Å². The van der Waals surface area contributed by atoms with E-state index in [0.717, 1.165) is 39.0 Å². The van der Waals surface area contributed by atoms with E-state index in [1.54, 1.807) is 26.2 Å². The molecule has 1 saturated heterocycles. The van der Waals surface area contributed by atoms with Crippen LogP contribution >= 0.6 is 0 Å². The zero-order valence-electron chi connectivity index (χ0n) is 26.0. The first-order valence-electron chi connectivity index (χ1n) is 16.2. The van der Waals surface area contributed by atoms with Gasteiger partial charge in [0, 0.05) is 60.0 Å². The average Bonchev–Trinajstić information content (AvgIpc) is 2.99. The van der Waals surface area contributed by atoms with E-state index in [2.05, 4.69) is 9.80 Å². The summed E-state index contributed by atoms with van der Waals surface area (Å²) in [7, 11) is 4.96. The summed E-state index contributed by atoms with van der Waals surface area (Å²) in [5, 5.41) is 0. The molecule has 4 fully saturated rings. The molecule has 3 saturated carbocycles. The van der Waals surface area contributed by atoms with Crippen LogP contribution in [-0.4, -0.2) is 111 Å². The highest BCUT2D eigenvalue weighted by atomic mass is 19.4. The number of ether oxygens (including phenoxy) is 2. The summed E-state index contributed by atoms with van der Waals surface area (Å²) >= 11 is 0. The first-order chi connectivity index (χ1) is 20.3. The van der Waals surface area contributed by atoms with Gasteiger partial charge in [-0.25, -0.2) is 0 Å². The van der Waals surface area contributed by atoms with Crippen molar-refractivity contribution in [3.05, 3.63) is 0 Å². The standard InChI is InChI=1S/C31H51F6N3O3/c1-38(12-11-21-17-23(30(32,33)34)20-24(18-21)31(35,36)37)29(41)28(22-9-10-26(42-2)27(19-22)43-3)40-15-13-39(14-16-40)25-7-5-4-6-8-25/h21-28H,4-20H2,1-3H3. The van der Waals surface area contributed by atoms with Crippen LogP contribution in [0.4, 0.5) is 26.3 Å². The number of carbonyl (C=O) groups excluding carboxylic acids is 1. The first kappa shape index (κ1) is 34.8. The Morgan fingerprint density at radius 2 is 1.37 bits per heavy atom. The van der Waals surface area contributed by atoms with E-state index in [1.165, 1.54) is 32.1 Å². The Morgan fingerprint density at radius 3 is 1.91 bits per heavy atom. The highest BCUT2D eigenvalue weighted by Gasteiger charge is 2.52. The zero-order valence-corrected chi connectivity index (χ0v) is 26.0. The minimum absolute atomic E-state index is 0.0198. The minimum Gasteiger partial charge on any atom is -0.379 e. The molecule has 12 heteroatoms. The molecule has 0 N–H and O–H groups in total. The minimum atomic E-state index is -4.66. The van der Waals surface area contributed by atoms with Crippen LogP contribution in [0.2, 0.25) is 0 Å². The number of rotatable bonds is 9. The smallest absolute Gasteiger partial charge is 0.379 e. The van der Waals surface area contributed by atoms with Gasteiger partial charge in [0.2, 0.25) is 5.91 Å². The van der Waals surface area contributed by atoms with Crippen LogP contribution in [0.25, 0.3) is 0 Å². The lowest BCUT2D eigenvalue weighted by Gasteiger charge is -2.47. The van der Waals surface area contributed by atoms with Crippen LogP contribution in [0.5, 0.6) is 0 Å². The summed E-state index contributed by atoms with van der Waals surface area (Å²) in [5.41, 5.74) is 0. The third-order valence-corrected chi connectivity index (χ3v) is 10.9. The monoisotopic (exact) mass is 627 g/mol. The van der Waals surface area contributed by atoms with Gasteiger partial charge in [-0.05, 0) is 69.6 Å². The number of halogens is 6. The molecule has 0 aromatic heterocycles. The summed E-state index contributed by atoms with van der Waals surface area (Å²) in [6, 6.07) is 0.186. The van der Waals surface area contributed by atoms with Gasteiger partial charge in [-0.2, -0.15) is 26.3 Å². The number of methoxy groups -OCH3 is 2. The Labute approximate surface area is 252 Å². The Morgan fingerprint density at radius 1 is 0.791 bits per heavy atom. The molecule has 0 radical (unpaired) electrons. The lowest BCUT2D eigenvalue weighted by atomic mass is 9.73. The van der Waals surface area contributed by atoms with Crippen molar-refractivity contribution in [2.75, 3.05) is 54.0 Å². The summed E-state index contributed by atoms with van der Waals surface area (Å²) in [4.78, 5) is 20.5. The molecule has 6 unspecified atom stereocenters. The third kappa shape index (κ3) is 9.00. The number of likely N-dealkylation sites (N-methyl/N-ethyl adjacent to an activating group) is 1. The number of hydrogen-bond acceptors (Lipinski definition) is 5. The van der Waals surface area contributed by atoms with Gasteiger partial charge < -0.3 is 14.4 Å². The van der Waals surface area contributed by atoms with Gasteiger partial charge in [0.05, 0.1) is 30.1 Å². The van der Waals surface area contributed by atoms with Crippen LogP contribution < -0.4 is 0 Å². The second kappa shape index (κ2) is 15.0. The quantitative estimate of drug-likeness (QED) is 0.288. The van der Waals surface area contributed by atoms with Gasteiger partial charge in [-0.3, -0.25) is 14.6 Å². The molecule has 0 spiro atoms. The predicted molar refractivity (Wildman–Crippen MR) is 151 cm³/mol. The molecular weight excluding hydrogens is 576 g/mol. The molecule has 1 heterocycles. The number of hydrogen-bond donors (Lipinski definition) is 0. The van der Waals surface area contributed by atoms with Crippen molar-refractivity contribution in [3.63, 3.8) is 0 Å². The van der Waals surface area contributed by atoms with Crippen LogP contribution in [0.15, 0.2) is 0 Å². The lowest BCUT2D eigenvalue weighted by Crippen LogP contribution is -2.60. The van der Waals surface area contributed by atoms with Gasteiger partial charge in [0.1, 0.15) is 0 Å². The predicted octanol–water partition coefficient (Wildman–Crippen LogP) is 6.14. The van der Waals surface area contributed by atoms with Gasteiger partial charge in [-0.15, -0.1) is 0 Å². The summed E-state index contributed by atoms with van der Waals surface area (Å²) in [6.07, 6.45) is -2.49. The molecule has 250 valence electrons. The molecule has 6 nitrogen and oxygen atoms in total. The Balaban J connectivity index is 1.43. The van der Waals surface area contributed by atoms with E-state index in [-0.39, 0.29) is 49.8 Å². The van der Waals surface area contributed by atoms with Crippen molar-refractivity contribution in [2.24, 2.45) is 23.7 Å². The SMILES string of the molecule is COC1CCC(C(C(=O)N(C)CCC2CC(C(F)(F)F)CC(C(F)(F)F)C2)N2CCN(C3CCCCC3)CC2)CC1OC. The van der Waals surface area contributed by atoms with Crippen LogP contribution in [-0.2, 0) is 14.3 Å². The number of carbonyl (C=O) groups is 1. The molecule has 1 amide bonds. The summed E-state index contributed by atoms with van der Waals surface area (Å²) in [5.74, 6) is -4.75. The van der Waals surface area contributed by atoms with Crippen molar-refractivity contribution in [2.45, 2.75) is 114 Å². The number of alkyl halides is 6. The van der Waals surface area contributed by atoms with E-state index in [9.17, 15) is 31.1 Å². The molecule has 6 atom stereocenters. The lowest BCUT2D eigenvalue weighted by molar-refractivity contribution is -0.229. The molecular formula is C31H51F6N3O3. The van der Waals surface area contributed by atoms with Crippen LogP contribution in [0, 0.1) is 23.7 Å². The van der Waals surface area contributed by atoms with E-state index >= 15 is 0 Å². The maximum Gasteiger partial charge on any atom is 0.391 e. The summed E-state index contributed by atoms with van der Waals surface area (Å²) in [6.45, 7) is 3.42. The number of piperazine rings is 1. The van der Waals surface area contributed by atoms with Crippen molar-refractivity contribution >= 4 is 5.91 Å². The summed E-state index contributed by atoms with van der Waals surface area (Å²) < 4.78 is 92.5. The van der Waals surface area contributed by atoms with Crippen molar-refractivity contribution in [3.8, 4) is 0 Å². The fourth-order valence-electron chi connectivity index (χ4n) is 8.34. The fraction of sp³-hybridized carbons (Fsp3) is 0.968. The van der Waals surface area contributed by atoms with Crippen molar-refractivity contribution < 1.29 is 40.6 Å². The molecule has 4 rings (SSSR count). The highest BCUT2D eigenvalue weighted by molar-refractivity contribution is 5.82. The second-order valence-electron chi connectivity index (χ2n) is 13.5. The van der Waals surface area contributed by atoms with E-state index in [1.807, 2.05) is 0 Å². The number of nitrogens with zero attached hydrogens (tertiary/aromatic N) is 3. The van der Waals surface area contributed by atoms with Gasteiger partial charge in [-0.1, -0.05) is 19.3 Å². The normalized spacial score (nSPS) is 33.3. The van der Waals surface area contributed by atoms with Crippen molar-refractivity contribution in [1.29, 1.82) is 0 Å². The zero-order chi connectivity index (χ0) is 31.4. The van der Waals surface area contributed by atoms with E-state index < -0.39 is 42.6 Å². The topological polar surface area (TPSA) is 45.2 Å². The average molecular weight is 628 g/mol. The van der Waals surface area contributed by atoms with Crippen LogP contribution in [0.3, 0.4) is 0 Å². The maximum absolute atomic E-state index is 14.1. The molecule has 43 heavy (non-hydrogen) atoms. The first-order valence-corrected chi connectivity index (χ1v) is 16.2. The van der Waals surface area contributed by atoms with Gasteiger partial charge >= 0.3 is 12.4 Å². The third-order valence-electron chi connectivity index (χ3n) is 10.9. The molecule has 0 aromatic rings. The molecule has 3 aliphatic carbocycles. The molecule has 0 bridgehead atoms. The largest absolute Gasteiger partial charge is 0.391 e. The number of amides is 1. The van der Waals surface area contributed by atoms with E-state index in [0.29, 0.717) is 12.5 Å². The van der Waals surface area contributed by atoms with Crippen LogP contribution in [0.1, 0.15) is 77.0 Å². The van der Waals surface area contributed by atoms with Gasteiger partial charge in [0.15, 0.2) is 0 Å². The molecule has 0 aromatic carbocycles.